The van der Waals surface area contributed by atoms with Crippen LogP contribution in [-0.2, 0) is 22.4 Å². The van der Waals surface area contributed by atoms with Crippen LogP contribution in [0.3, 0.4) is 0 Å². The molecule has 0 fully saturated rings. The highest BCUT2D eigenvalue weighted by atomic mass is 16.6. The molecule has 0 radical (unpaired) electrons. The van der Waals surface area contributed by atoms with Gasteiger partial charge in [0, 0.05) is 16.5 Å². The van der Waals surface area contributed by atoms with Crippen LogP contribution in [0.1, 0.15) is 42.6 Å². The van der Waals surface area contributed by atoms with Crippen LogP contribution in [0.15, 0.2) is 51.7 Å². The molecule has 6 nitrogen and oxygen atoms in total. The molecule has 0 N–H and O–H groups in total. The summed E-state index contributed by atoms with van der Waals surface area (Å²) < 4.78 is 22.6. The minimum absolute atomic E-state index is 0.223. The Morgan fingerprint density at radius 3 is 2.50 bits per heavy atom. The quantitative estimate of drug-likeness (QED) is 0.446. The third kappa shape index (κ3) is 3.65. The minimum atomic E-state index is -1.02. The molecule has 0 bridgehead atoms. The predicted octanol–water partition coefficient (Wildman–Crippen LogP) is 4.36. The summed E-state index contributed by atoms with van der Waals surface area (Å²) in [4.78, 5) is 25.4. The molecule has 1 aliphatic carbocycles. The van der Waals surface area contributed by atoms with Gasteiger partial charge in [-0.3, -0.25) is 0 Å². The zero-order valence-corrected chi connectivity index (χ0v) is 17.1. The van der Waals surface area contributed by atoms with Gasteiger partial charge in [0.05, 0.1) is 13.7 Å². The van der Waals surface area contributed by atoms with Gasteiger partial charge in [-0.25, -0.2) is 9.59 Å². The van der Waals surface area contributed by atoms with Crippen molar-refractivity contribution in [1.29, 1.82) is 0 Å². The van der Waals surface area contributed by atoms with Crippen molar-refractivity contribution in [2.24, 2.45) is 0 Å². The Morgan fingerprint density at radius 1 is 1.07 bits per heavy atom. The van der Waals surface area contributed by atoms with E-state index in [1.807, 2.05) is 24.3 Å². The summed E-state index contributed by atoms with van der Waals surface area (Å²) in [5, 5.41) is 0.816. The maximum Gasteiger partial charge on any atom is 0.352 e. The van der Waals surface area contributed by atoms with Crippen LogP contribution in [0.5, 0.6) is 11.5 Å². The van der Waals surface area contributed by atoms with E-state index in [0.29, 0.717) is 23.3 Å². The monoisotopic (exact) mass is 408 g/mol. The first-order chi connectivity index (χ1) is 14.6. The van der Waals surface area contributed by atoms with E-state index in [1.54, 1.807) is 25.1 Å². The molecule has 2 aromatic carbocycles. The standard InChI is InChI=1S/C24H24O6/c1-3-28-24(26)20(15-9-5-4-6-10-15)29-22-19(27-2)14-13-17-16-11-7-8-12-18(16)23(25)30-21(17)22/h4-6,9-10,13-14,20H,3,7-8,11-12H2,1-2H3/t20-/m0/s1. The highest BCUT2D eigenvalue weighted by Crippen LogP contribution is 2.40. The fraction of sp³-hybridized carbons (Fsp3) is 0.333. The Kier molecular flexibility index (Phi) is 5.74. The number of esters is 1. The van der Waals surface area contributed by atoms with Crippen molar-refractivity contribution in [3.05, 3.63) is 69.6 Å². The van der Waals surface area contributed by atoms with Crippen LogP contribution >= 0.6 is 0 Å². The van der Waals surface area contributed by atoms with E-state index < -0.39 is 12.1 Å². The third-order valence-corrected chi connectivity index (χ3v) is 5.37. The summed E-state index contributed by atoms with van der Waals surface area (Å²) in [7, 11) is 1.51. The Labute approximate surface area is 174 Å². The number of benzene rings is 2. The lowest BCUT2D eigenvalue weighted by atomic mass is 9.90. The van der Waals surface area contributed by atoms with E-state index >= 15 is 0 Å². The van der Waals surface area contributed by atoms with Gasteiger partial charge in [0.2, 0.25) is 11.9 Å². The molecule has 3 aromatic rings. The van der Waals surface area contributed by atoms with Crippen LogP contribution in [-0.4, -0.2) is 19.7 Å². The molecule has 0 aliphatic heterocycles. The molecule has 0 saturated carbocycles. The maximum absolute atomic E-state index is 12.7. The summed E-state index contributed by atoms with van der Waals surface area (Å²) in [5.41, 5.74) is 2.30. The molecule has 0 saturated heterocycles. The number of rotatable bonds is 6. The van der Waals surface area contributed by atoms with Crippen LogP contribution in [0, 0.1) is 0 Å². The number of hydrogen-bond donors (Lipinski definition) is 0. The van der Waals surface area contributed by atoms with Crippen molar-refractivity contribution in [2.75, 3.05) is 13.7 Å². The molecule has 6 heteroatoms. The van der Waals surface area contributed by atoms with Gasteiger partial charge in [-0.15, -0.1) is 0 Å². The lowest BCUT2D eigenvalue weighted by Gasteiger charge is -2.22. The molecule has 0 amide bonds. The zero-order chi connectivity index (χ0) is 21.1. The van der Waals surface area contributed by atoms with E-state index in [9.17, 15) is 9.59 Å². The highest BCUT2D eigenvalue weighted by molar-refractivity contribution is 5.89. The van der Waals surface area contributed by atoms with E-state index in [4.69, 9.17) is 18.6 Å². The first kappa shape index (κ1) is 20.0. The molecule has 30 heavy (non-hydrogen) atoms. The van der Waals surface area contributed by atoms with Crippen LogP contribution in [0.2, 0.25) is 0 Å². The largest absolute Gasteiger partial charge is 0.493 e. The maximum atomic E-state index is 12.7. The Bertz CT molecular complexity index is 1120. The van der Waals surface area contributed by atoms with Crippen molar-refractivity contribution in [2.45, 2.75) is 38.7 Å². The molecule has 1 heterocycles. The average molecular weight is 408 g/mol. The topological polar surface area (TPSA) is 75.0 Å². The van der Waals surface area contributed by atoms with Crippen LogP contribution < -0.4 is 15.1 Å². The number of ether oxygens (including phenoxy) is 3. The van der Waals surface area contributed by atoms with Gasteiger partial charge in [0.15, 0.2) is 11.3 Å². The molecule has 0 spiro atoms. The predicted molar refractivity (Wildman–Crippen MR) is 112 cm³/mol. The Balaban J connectivity index is 1.88. The number of hydrogen-bond acceptors (Lipinski definition) is 6. The molecular formula is C24H24O6. The van der Waals surface area contributed by atoms with Gasteiger partial charge in [0.25, 0.3) is 0 Å². The van der Waals surface area contributed by atoms with Crippen molar-refractivity contribution in [1.82, 2.24) is 0 Å². The Hall–Kier alpha value is -3.28. The van der Waals surface area contributed by atoms with Gasteiger partial charge < -0.3 is 18.6 Å². The number of fused-ring (bicyclic) bond motifs is 3. The molecule has 0 unspecified atom stereocenters. The van der Waals surface area contributed by atoms with Crippen molar-refractivity contribution >= 4 is 16.9 Å². The molecule has 156 valence electrons. The molecular weight excluding hydrogens is 384 g/mol. The molecule has 1 aliphatic rings. The molecule has 4 rings (SSSR count). The summed E-state index contributed by atoms with van der Waals surface area (Å²) in [6.45, 7) is 1.96. The van der Waals surface area contributed by atoms with E-state index in [1.165, 1.54) is 7.11 Å². The molecule has 1 atom stereocenters. The summed E-state index contributed by atoms with van der Waals surface area (Å²) in [5.74, 6) is 0.0806. The lowest BCUT2D eigenvalue weighted by Crippen LogP contribution is -2.22. The number of methoxy groups -OCH3 is 1. The smallest absolute Gasteiger partial charge is 0.352 e. The van der Waals surface area contributed by atoms with Gasteiger partial charge >= 0.3 is 11.6 Å². The van der Waals surface area contributed by atoms with Gasteiger partial charge in [0.1, 0.15) is 0 Å². The lowest BCUT2D eigenvalue weighted by molar-refractivity contribution is -0.151. The first-order valence-electron chi connectivity index (χ1n) is 10.2. The summed E-state index contributed by atoms with van der Waals surface area (Å²) in [6.07, 6.45) is 2.49. The minimum Gasteiger partial charge on any atom is -0.493 e. The zero-order valence-electron chi connectivity index (χ0n) is 17.1. The second kappa shape index (κ2) is 8.61. The van der Waals surface area contributed by atoms with Gasteiger partial charge in [-0.1, -0.05) is 30.3 Å². The summed E-state index contributed by atoms with van der Waals surface area (Å²) >= 11 is 0. The van der Waals surface area contributed by atoms with Gasteiger partial charge in [-0.2, -0.15) is 0 Å². The highest BCUT2D eigenvalue weighted by Gasteiger charge is 2.29. The average Bonchev–Trinajstić information content (AvgIpc) is 2.78. The third-order valence-electron chi connectivity index (χ3n) is 5.37. The normalized spacial score (nSPS) is 14.1. The Morgan fingerprint density at radius 2 is 1.80 bits per heavy atom. The SMILES string of the molecule is CCOC(=O)[C@@H](Oc1c(OC)ccc2c3c(c(=O)oc12)CCCC3)c1ccccc1. The van der Waals surface area contributed by atoms with E-state index in [-0.39, 0.29) is 18.0 Å². The van der Waals surface area contributed by atoms with E-state index in [0.717, 1.165) is 35.8 Å². The number of aryl methyl sites for hydroxylation is 1. The van der Waals surface area contributed by atoms with Gasteiger partial charge in [-0.05, 0) is 50.3 Å². The van der Waals surface area contributed by atoms with Crippen LogP contribution in [0.4, 0.5) is 0 Å². The summed E-state index contributed by atoms with van der Waals surface area (Å²) in [6, 6.07) is 12.7. The fourth-order valence-electron chi connectivity index (χ4n) is 3.95. The second-order valence-electron chi connectivity index (χ2n) is 7.19. The van der Waals surface area contributed by atoms with Crippen molar-refractivity contribution in [3.63, 3.8) is 0 Å². The number of carbonyl (C=O) groups excluding carboxylic acids is 1. The van der Waals surface area contributed by atoms with Crippen LogP contribution in [0.25, 0.3) is 11.0 Å². The van der Waals surface area contributed by atoms with Crippen molar-refractivity contribution in [3.8, 4) is 11.5 Å². The number of carbonyl (C=O) groups is 1. The first-order valence-corrected chi connectivity index (χ1v) is 10.2. The fourth-order valence-corrected chi connectivity index (χ4v) is 3.95. The molecule has 1 aromatic heterocycles. The van der Waals surface area contributed by atoms with Crippen molar-refractivity contribution < 1.29 is 23.4 Å². The second-order valence-corrected chi connectivity index (χ2v) is 7.19. The van der Waals surface area contributed by atoms with E-state index in [2.05, 4.69) is 0 Å².